The molecule has 100 valence electrons. The Balaban J connectivity index is 2.17. The van der Waals surface area contributed by atoms with Crippen LogP contribution in [-0.4, -0.2) is 0 Å². The molecule has 0 heterocycles. The topological polar surface area (TPSA) is 12.0 Å². The largest absolute Gasteiger partial charge is 0.381 e. The predicted molar refractivity (Wildman–Crippen MR) is 82.3 cm³/mol. The third kappa shape index (κ3) is 3.48. The molecule has 4 heteroatoms. The molecule has 0 radical (unpaired) electrons. The lowest BCUT2D eigenvalue weighted by Gasteiger charge is -2.12. The Morgan fingerprint density at radius 2 is 2.00 bits per heavy atom. The maximum atomic E-state index is 13.3. The number of hydrogen-bond acceptors (Lipinski definition) is 1. The summed E-state index contributed by atoms with van der Waals surface area (Å²) in [4.78, 5) is 0. The van der Waals surface area contributed by atoms with Gasteiger partial charge in [-0.3, -0.25) is 0 Å². The second kappa shape index (κ2) is 6.40. The SMILES string of the molecule is CCc1cc(Br)ccc1NCc1cccc(F)c1Cl. The van der Waals surface area contributed by atoms with Crippen molar-refractivity contribution >= 4 is 33.2 Å². The maximum absolute atomic E-state index is 13.3. The fourth-order valence-electron chi connectivity index (χ4n) is 1.90. The molecule has 1 nitrogen and oxygen atoms in total. The molecule has 0 aromatic heterocycles. The van der Waals surface area contributed by atoms with E-state index in [2.05, 4.69) is 34.2 Å². The molecular weight excluding hydrogens is 329 g/mol. The molecule has 0 bridgehead atoms. The summed E-state index contributed by atoms with van der Waals surface area (Å²) in [5.41, 5.74) is 3.01. The standard InChI is InChI=1S/C15H14BrClFN/c1-2-10-8-12(16)6-7-14(10)19-9-11-4-3-5-13(18)15(11)17/h3-8,19H,2,9H2,1H3. The Bertz CT molecular complexity index is 586. The summed E-state index contributed by atoms with van der Waals surface area (Å²) >= 11 is 9.39. The number of rotatable bonds is 4. The quantitative estimate of drug-likeness (QED) is 0.782. The van der Waals surface area contributed by atoms with Gasteiger partial charge in [-0.25, -0.2) is 4.39 Å². The van der Waals surface area contributed by atoms with Crippen molar-refractivity contribution in [3.05, 3.63) is 62.8 Å². The number of benzene rings is 2. The smallest absolute Gasteiger partial charge is 0.142 e. The van der Waals surface area contributed by atoms with Crippen molar-refractivity contribution in [2.75, 3.05) is 5.32 Å². The minimum Gasteiger partial charge on any atom is -0.381 e. The summed E-state index contributed by atoms with van der Waals surface area (Å²) in [6.45, 7) is 2.60. The van der Waals surface area contributed by atoms with E-state index in [0.29, 0.717) is 6.54 Å². The van der Waals surface area contributed by atoms with E-state index in [0.717, 1.165) is 22.1 Å². The van der Waals surface area contributed by atoms with Crippen molar-refractivity contribution in [1.29, 1.82) is 0 Å². The van der Waals surface area contributed by atoms with Crippen LogP contribution in [0.4, 0.5) is 10.1 Å². The highest BCUT2D eigenvalue weighted by molar-refractivity contribution is 9.10. The van der Waals surface area contributed by atoms with Gasteiger partial charge in [0, 0.05) is 16.7 Å². The molecular formula is C15H14BrClFN. The first-order valence-electron chi connectivity index (χ1n) is 6.07. The van der Waals surface area contributed by atoms with Gasteiger partial charge in [-0.2, -0.15) is 0 Å². The Morgan fingerprint density at radius 1 is 1.21 bits per heavy atom. The van der Waals surface area contributed by atoms with Crippen LogP contribution in [0.25, 0.3) is 0 Å². The molecule has 0 spiro atoms. The van der Waals surface area contributed by atoms with E-state index in [1.165, 1.54) is 11.6 Å². The Hall–Kier alpha value is -1.06. The number of hydrogen-bond donors (Lipinski definition) is 1. The van der Waals surface area contributed by atoms with Crippen LogP contribution in [0.1, 0.15) is 18.1 Å². The molecule has 0 saturated heterocycles. The summed E-state index contributed by atoms with van der Waals surface area (Å²) in [5, 5.41) is 3.49. The van der Waals surface area contributed by atoms with E-state index < -0.39 is 0 Å². The summed E-state index contributed by atoms with van der Waals surface area (Å²) < 4.78 is 14.4. The van der Waals surface area contributed by atoms with Crippen LogP contribution in [0.3, 0.4) is 0 Å². The average molecular weight is 343 g/mol. The van der Waals surface area contributed by atoms with E-state index in [1.54, 1.807) is 6.07 Å². The van der Waals surface area contributed by atoms with Crippen molar-refractivity contribution < 1.29 is 4.39 Å². The zero-order valence-electron chi connectivity index (χ0n) is 10.5. The first-order chi connectivity index (χ1) is 9.11. The van der Waals surface area contributed by atoms with Crippen LogP contribution in [-0.2, 0) is 13.0 Å². The minimum atomic E-state index is -0.382. The normalized spacial score (nSPS) is 10.5. The van der Waals surface area contributed by atoms with Gasteiger partial charge >= 0.3 is 0 Å². The number of halogens is 3. The fourth-order valence-corrected chi connectivity index (χ4v) is 2.50. The van der Waals surface area contributed by atoms with Crippen molar-refractivity contribution in [2.45, 2.75) is 19.9 Å². The Kier molecular flexibility index (Phi) is 4.83. The van der Waals surface area contributed by atoms with Crippen LogP contribution in [0.15, 0.2) is 40.9 Å². The lowest BCUT2D eigenvalue weighted by Crippen LogP contribution is -2.03. The number of aryl methyl sites for hydroxylation is 1. The highest BCUT2D eigenvalue weighted by Gasteiger charge is 2.06. The van der Waals surface area contributed by atoms with Crippen LogP contribution in [0.2, 0.25) is 5.02 Å². The van der Waals surface area contributed by atoms with E-state index in [9.17, 15) is 4.39 Å². The van der Waals surface area contributed by atoms with Gasteiger partial charge in [-0.15, -0.1) is 0 Å². The highest BCUT2D eigenvalue weighted by atomic mass is 79.9. The molecule has 0 amide bonds. The molecule has 0 saturated carbocycles. The van der Waals surface area contributed by atoms with E-state index >= 15 is 0 Å². The van der Waals surface area contributed by atoms with E-state index in [-0.39, 0.29) is 10.8 Å². The number of anilines is 1. The van der Waals surface area contributed by atoms with Gasteiger partial charge < -0.3 is 5.32 Å². The van der Waals surface area contributed by atoms with Gasteiger partial charge in [-0.1, -0.05) is 46.6 Å². The molecule has 0 atom stereocenters. The van der Waals surface area contributed by atoms with Gasteiger partial charge in [0.1, 0.15) is 5.82 Å². The Labute approximate surface area is 125 Å². The van der Waals surface area contributed by atoms with Gasteiger partial charge in [0.25, 0.3) is 0 Å². The molecule has 0 unspecified atom stereocenters. The monoisotopic (exact) mass is 341 g/mol. The summed E-state index contributed by atoms with van der Waals surface area (Å²) in [5.74, 6) is -0.382. The van der Waals surface area contributed by atoms with Crippen molar-refractivity contribution in [3.63, 3.8) is 0 Å². The van der Waals surface area contributed by atoms with Crippen molar-refractivity contribution in [3.8, 4) is 0 Å². The summed E-state index contributed by atoms with van der Waals surface area (Å²) in [6.07, 6.45) is 0.929. The van der Waals surface area contributed by atoms with Crippen LogP contribution in [0.5, 0.6) is 0 Å². The van der Waals surface area contributed by atoms with Crippen LogP contribution < -0.4 is 5.32 Å². The molecule has 0 aliphatic rings. The fraction of sp³-hybridized carbons (Fsp3) is 0.200. The molecule has 2 aromatic carbocycles. The lowest BCUT2D eigenvalue weighted by atomic mass is 10.1. The molecule has 0 aliphatic heterocycles. The summed E-state index contributed by atoms with van der Waals surface area (Å²) in [7, 11) is 0. The molecule has 0 fully saturated rings. The first-order valence-corrected chi connectivity index (χ1v) is 7.24. The Morgan fingerprint density at radius 3 is 2.74 bits per heavy atom. The van der Waals surface area contributed by atoms with Gasteiger partial charge in [0.15, 0.2) is 0 Å². The van der Waals surface area contributed by atoms with Gasteiger partial charge in [-0.05, 0) is 41.8 Å². The molecule has 2 aromatic rings. The van der Waals surface area contributed by atoms with Crippen LogP contribution >= 0.6 is 27.5 Å². The predicted octanol–water partition coefficient (Wildman–Crippen LogP) is 5.42. The molecule has 19 heavy (non-hydrogen) atoms. The third-order valence-electron chi connectivity index (χ3n) is 2.95. The van der Waals surface area contributed by atoms with E-state index in [4.69, 9.17) is 11.6 Å². The second-order valence-electron chi connectivity index (χ2n) is 4.22. The first kappa shape index (κ1) is 14.4. The van der Waals surface area contributed by atoms with E-state index in [1.807, 2.05) is 18.2 Å². The van der Waals surface area contributed by atoms with Crippen molar-refractivity contribution in [2.24, 2.45) is 0 Å². The minimum absolute atomic E-state index is 0.185. The molecule has 0 aliphatic carbocycles. The zero-order valence-corrected chi connectivity index (χ0v) is 12.9. The molecule has 1 N–H and O–H groups in total. The second-order valence-corrected chi connectivity index (χ2v) is 5.52. The van der Waals surface area contributed by atoms with Gasteiger partial charge in [0.2, 0.25) is 0 Å². The summed E-state index contributed by atoms with van der Waals surface area (Å²) in [6, 6.07) is 10.9. The molecule has 2 rings (SSSR count). The van der Waals surface area contributed by atoms with Crippen LogP contribution in [0, 0.1) is 5.82 Å². The van der Waals surface area contributed by atoms with Gasteiger partial charge in [0.05, 0.1) is 5.02 Å². The highest BCUT2D eigenvalue weighted by Crippen LogP contribution is 2.24. The number of nitrogens with one attached hydrogen (secondary N) is 1. The third-order valence-corrected chi connectivity index (χ3v) is 3.87. The average Bonchev–Trinajstić information content (AvgIpc) is 2.41. The van der Waals surface area contributed by atoms with Crippen molar-refractivity contribution in [1.82, 2.24) is 0 Å². The zero-order chi connectivity index (χ0) is 13.8. The maximum Gasteiger partial charge on any atom is 0.142 e. The lowest BCUT2D eigenvalue weighted by molar-refractivity contribution is 0.626.